The molecule has 6 aliphatic rings. The summed E-state index contributed by atoms with van der Waals surface area (Å²) in [5, 5.41) is 46.4. The maximum Gasteiger partial charge on any atom is 0.208 e. The van der Waals surface area contributed by atoms with Gasteiger partial charge in [-0.05, 0) is 37.0 Å². The van der Waals surface area contributed by atoms with Crippen LogP contribution in [0.25, 0.3) is 0 Å². The van der Waals surface area contributed by atoms with Crippen LogP contribution in [0.2, 0.25) is 0 Å². The molecule has 0 aromatic rings. The van der Waals surface area contributed by atoms with Gasteiger partial charge in [-0.15, -0.1) is 0 Å². The van der Waals surface area contributed by atoms with Crippen LogP contribution >= 0.6 is 0 Å². The third kappa shape index (κ3) is 2.01. The number of aliphatic hydroxyl groups excluding tert-OH is 3. The Morgan fingerprint density at radius 1 is 1.17 bits per heavy atom. The second kappa shape index (κ2) is 6.25. The zero-order valence-electron chi connectivity index (χ0n) is 18.1. The van der Waals surface area contributed by atoms with Crippen LogP contribution in [0.1, 0.15) is 39.5 Å². The number of aliphatic hydroxyl groups is 4. The molecule has 0 amide bonds. The summed E-state index contributed by atoms with van der Waals surface area (Å²) in [4.78, 5) is 13.9. The van der Waals surface area contributed by atoms with Gasteiger partial charge >= 0.3 is 0 Å². The van der Waals surface area contributed by atoms with E-state index in [0.717, 1.165) is 0 Å². The summed E-state index contributed by atoms with van der Waals surface area (Å²) in [6, 6.07) is 0. The van der Waals surface area contributed by atoms with E-state index in [1.54, 1.807) is 0 Å². The molecule has 2 spiro atoms. The van der Waals surface area contributed by atoms with Crippen LogP contribution in [0.3, 0.4) is 0 Å². The Morgan fingerprint density at radius 2 is 1.87 bits per heavy atom. The van der Waals surface area contributed by atoms with Crippen molar-refractivity contribution >= 4 is 5.78 Å². The van der Waals surface area contributed by atoms with Crippen LogP contribution in [-0.2, 0) is 19.0 Å². The normalized spacial score (nSPS) is 58.5. The summed E-state index contributed by atoms with van der Waals surface area (Å²) in [7, 11) is 2.97. The van der Waals surface area contributed by atoms with Crippen molar-refractivity contribution in [3.63, 3.8) is 0 Å². The molecule has 2 heterocycles. The van der Waals surface area contributed by atoms with Crippen molar-refractivity contribution in [2.75, 3.05) is 20.8 Å². The van der Waals surface area contributed by atoms with E-state index < -0.39 is 64.4 Å². The Hall–Kier alpha value is -0.610. The first-order valence-electron chi connectivity index (χ1n) is 11.0. The maximum absolute atomic E-state index is 13.9. The predicted octanol–water partition coefficient (Wildman–Crippen LogP) is 0.0545. The van der Waals surface area contributed by atoms with Crippen LogP contribution < -0.4 is 0 Å². The second-order valence-corrected chi connectivity index (χ2v) is 11.0. The number of ether oxygens (including phenoxy) is 3. The molecule has 11 atom stereocenters. The van der Waals surface area contributed by atoms with Crippen molar-refractivity contribution in [3.8, 4) is 0 Å². The first-order valence-corrected chi connectivity index (χ1v) is 11.0. The molecule has 4 saturated carbocycles. The van der Waals surface area contributed by atoms with Crippen LogP contribution in [0.15, 0.2) is 0 Å². The van der Waals surface area contributed by atoms with Crippen LogP contribution in [0.4, 0.5) is 0 Å². The summed E-state index contributed by atoms with van der Waals surface area (Å²) < 4.78 is 17.0. The van der Waals surface area contributed by atoms with Gasteiger partial charge < -0.3 is 34.6 Å². The number of Topliss-reactive ketones (excluding diaryl/α,β-unsaturated/α-hetero) is 1. The number of carbonyl (C=O) groups is 1. The summed E-state index contributed by atoms with van der Waals surface area (Å²) >= 11 is 0. The summed E-state index contributed by atoms with van der Waals surface area (Å²) in [5.74, 6) is -4.47. The molecule has 170 valence electrons. The van der Waals surface area contributed by atoms with E-state index >= 15 is 0 Å². The van der Waals surface area contributed by atoms with Gasteiger partial charge in [0, 0.05) is 32.0 Å². The van der Waals surface area contributed by atoms with Gasteiger partial charge in [-0.25, -0.2) is 0 Å². The standard InChI is InChI=1S/C22H34O8/c1-19(2)6-5-13(24)21-14-12(23)7-10-8-20(14,16(25)11(10)9-28-3)22(27,17(26)15(19)21)30-18(21)29-4/h10-15,17-18,23-24,26-27H,5-9H2,1-4H3/t10-,11-,12+,13+,14-,15-,17+,18?,20+,21-,22+/m1/s1. The predicted molar refractivity (Wildman–Crippen MR) is 103 cm³/mol. The van der Waals surface area contributed by atoms with E-state index in [1.807, 2.05) is 13.8 Å². The average molecular weight is 427 g/mol. The first kappa shape index (κ1) is 21.2. The van der Waals surface area contributed by atoms with Crippen molar-refractivity contribution in [1.82, 2.24) is 0 Å². The fourth-order valence-corrected chi connectivity index (χ4v) is 8.73. The van der Waals surface area contributed by atoms with Gasteiger partial charge in [0.25, 0.3) is 0 Å². The van der Waals surface area contributed by atoms with Crippen LogP contribution in [-0.4, -0.2) is 77.4 Å². The molecule has 6 rings (SSSR count). The molecular formula is C22H34O8. The minimum absolute atomic E-state index is 0.174. The topological polar surface area (TPSA) is 126 Å². The number of hydrogen-bond donors (Lipinski definition) is 4. The van der Waals surface area contributed by atoms with Crippen molar-refractivity contribution in [3.05, 3.63) is 0 Å². The van der Waals surface area contributed by atoms with Crippen molar-refractivity contribution in [1.29, 1.82) is 0 Å². The number of hydrogen-bond acceptors (Lipinski definition) is 8. The second-order valence-electron chi connectivity index (χ2n) is 11.0. The lowest BCUT2D eigenvalue weighted by atomic mass is 9.35. The monoisotopic (exact) mass is 426 g/mol. The smallest absolute Gasteiger partial charge is 0.208 e. The zero-order chi connectivity index (χ0) is 21.9. The lowest BCUT2D eigenvalue weighted by Gasteiger charge is -2.76. The highest BCUT2D eigenvalue weighted by Crippen LogP contribution is 2.78. The number of carbonyl (C=O) groups excluding carboxylic acids is 1. The highest BCUT2D eigenvalue weighted by Gasteiger charge is 2.88. The van der Waals surface area contributed by atoms with Crippen molar-refractivity contribution in [2.45, 2.75) is 69.9 Å². The summed E-state index contributed by atoms with van der Waals surface area (Å²) in [6.07, 6.45) is -2.53. The molecule has 0 aromatic heterocycles. The fourth-order valence-electron chi connectivity index (χ4n) is 8.73. The van der Waals surface area contributed by atoms with Crippen molar-refractivity contribution in [2.24, 2.45) is 39.9 Å². The molecule has 4 aliphatic carbocycles. The SMILES string of the molecule is COC[C@H]1C(=O)[C@]23C[C@H]1C[C@H](O)[C@H]2[C@@]12C(OC)O[C@@]3(O)[C@@H](O)[C@@H]1C(C)(C)CC[C@@H]2O. The van der Waals surface area contributed by atoms with Gasteiger partial charge in [0.1, 0.15) is 6.10 Å². The molecule has 2 aliphatic heterocycles. The molecule has 0 aromatic carbocycles. The summed E-state index contributed by atoms with van der Waals surface area (Å²) in [5.41, 5.74) is -3.17. The molecule has 4 bridgehead atoms. The Morgan fingerprint density at radius 3 is 2.50 bits per heavy atom. The molecule has 30 heavy (non-hydrogen) atoms. The molecule has 0 radical (unpaired) electrons. The molecule has 6 fully saturated rings. The molecule has 2 saturated heterocycles. The largest absolute Gasteiger partial charge is 0.393 e. The zero-order valence-corrected chi connectivity index (χ0v) is 18.1. The first-order chi connectivity index (χ1) is 14.0. The molecule has 8 heteroatoms. The Labute approximate surface area is 176 Å². The molecular weight excluding hydrogens is 392 g/mol. The number of ketones is 1. The Kier molecular flexibility index (Phi) is 4.42. The fraction of sp³-hybridized carbons (Fsp3) is 0.955. The molecule has 1 unspecified atom stereocenters. The van der Waals surface area contributed by atoms with Crippen LogP contribution in [0.5, 0.6) is 0 Å². The van der Waals surface area contributed by atoms with Crippen LogP contribution in [0, 0.1) is 39.9 Å². The van der Waals surface area contributed by atoms with E-state index in [-0.39, 0.29) is 18.3 Å². The van der Waals surface area contributed by atoms with Gasteiger partial charge in [0.15, 0.2) is 12.1 Å². The van der Waals surface area contributed by atoms with Gasteiger partial charge in [0.05, 0.1) is 29.6 Å². The number of fused-ring (bicyclic) bond motifs is 2. The van der Waals surface area contributed by atoms with Gasteiger partial charge in [-0.3, -0.25) is 4.79 Å². The maximum atomic E-state index is 13.9. The van der Waals surface area contributed by atoms with E-state index in [4.69, 9.17) is 14.2 Å². The Bertz CT molecular complexity index is 755. The Balaban J connectivity index is 1.79. The lowest BCUT2D eigenvalue weighted by molar-refractivity contribution is -0.508. The van der Waals surface area contributed by atoms with E-state index in [1.165, 1.54) is 14.2 Å². The minimum Gasteiger partial charge on any atom is -0.393 e. The quantitative estimate of drug-likeness (QED) is 0.499. The van der Waals surface area contributed by atoms with Gasteiger partial charge in [-0.1, -0.05) is 13.8 Å². The minimum atomic E-state index is -2.20. The highest BCUT2D eigenvalue weighted by molar-refractivity contribution is 5.92. The third-order valence-electron chi connectivity index (χ3n) is 9.56. The average Bonchev–Trinajstić information content (AvgIpc) is 2.89. The van der Waals surface area contributed by atoms with Gasteiger partial charge in [-0.2, -0.15) is 0 Å². The number of methoxy groups -OCH3 is 2. The van der Waals surface area contributed by atoms with E-state index in [9.17, 15) is 25.2 Å². The third-order valence-corrected chi connectivity index (χ3v) is 9.56. The van der Waals surface area contributed by atoms with E-state index in [2.05, 4.69) is 0 Å². The summed E-state index contributed by atoms with van der Waals surface area (Å²) in [6.45, 7) is 4.19. The van der Waals surface area contributed by atoms with Gasteiger partial charge in [0.2, 0.25) is 5.79 Å². The number of rotatable bonds is 3. The molecule has 4 N–H and O–H groups in total. The highest BCUT2D eigenvalue weighted by atomic mass is 16.8. The molecule has 8 nitrogen and oxygen atoms in total. The van der Waals surface area contributed by atoms with Crippen molar-refractivity contribution < 1.29 is 39.4 Å². The van der Waals surface area contributed by atoms with E-state index in [0.29, 0.717) is 25.7 Å². The lowest BCUT2D eigenvalue weighted by Crippen LogP contribution is -2.87.